The number of hydrogen-bond acceptors (Lipinski definition) is 0. The lowest BCUT2D eigenvalue weighted by Gasteiger charge is -2.16. The van der Waals surface area contributed by atoms with Gasteiger partial charge in [-0.3, -0.25) is 0 Å². The second-order valence-electron chi connectivity index (χ2n) is 2.11. The maximum Gasteiger partial charge on any atom is 0.457 e. The summed E-state index contributed by atoms with van der Waals surface area (Å²) in [5.74, 6) is -5.51. The van der Waals surface area contributed by atoms with Crippen molar-refractivity contribution in [3.05, 3.63) is 10.6 Å². The van der Waals surface area contributed by atoms with Gasteiger partial charge in [0.2, 0.25) is 0 Å². The molecule has 0 N–H and O–H groups in total. The van der Waals surface area contributed by atoms with E-state index in [1.54, 1.807) is 15.9 Å². The van der Waals surface area contributed by atoms with Gasteiger partial charge in [0.05, 0.1) is 0 Å². The normalized spacial score (nSPS) is 15.9. The van der Waals surface area contributed by atoms with E-state index in [4.69, 9.17) is 0 Å². The topological polar surface area (TPSA) is 0 Å². The van der Waals surface area contributed by atoms with E-state index in [0.29, 0.717) is 0 Å². The molecule has 0 aromatic heterocycles. The molecule has 0 aromatic rings. The molecule has 0 amide bonds. The van der Waals surface area contributed by atoms with Gasteiger partial charge < -0.3 is 0 Å². The minimum Gasteiger partial charge on any atom is -0.191 e. The Hall–Kier alpha value is -0.340. The van der Waals surface area contributed by atoms with E-state index >= 15 is 0 Å². The minimum atomic E-state index is -6.04. The minimum absolute atomic E-state index is 1.23. The Labute approximate surface area is 80.7 Å². The van der Waals surface area contributed by atoms with Gasteiger partial charge in [-0.1, -0.05) is 0 Å². The SMILES string of the molecule is FC(F)(F)C(Br)=CC(F)(F)C(F)(F)F. The fraction of sp³-hybridized carbons (Fsp3) is 0.600. The highest BCUT2D eigenvalue weighted by atomic mass is 79.9. The first-order valence-electron chi connectivity index (χ1n) is 2.78. The molecule has 0 saturated heterocycles. The van der Waals surface area contributed by atoms with Crippen molar-refractivity contribution in [1.29, 1.82) is 0 Å². The smallest absolute Gasteiger partial charge is 0.191 e. The van der Waals surface area contributed by atoms with Crippen LogP contribution in [0.25, 0.3) is 0 Å². The molecule has 0 radical (unpaired) electrons. The third kappa shape index (κ3) is 3.43. The Morgan fingerprint density at radius 3 is 1.43 bits per heavy atom. The van der Waals surface area contributed by atoms with Gasteiger partial charge >= 0.3 is 18.3 Å². The molecule has 9 heteroatoms. The zero-order valence-corrected chi connectivity index (χ0v) is 7.57. The van der Waals surface area contributed by atoms with Crippen molar-refractivity contribution in [3.8, 4) is 0 Å². The number of halogens is 9. The molecule has 0 unspecified atom stereocenters. The summed E-state index contributed by atoms with van der Waals surface area (Å²) in [5, 5.41) is 0. The molecule has 0 atom stereocenters. The van der Waals surface area contributed by atoms with Gasteiger partial charge in [-0.15, -0.1) is 0 Å². The van der Waals surface area contributed by atoms with Crippen molar-refractivity contribution in [2.45, 2.75) is 18.3 Å². The maximum absolute atomic E-state index is 12.0. The Morgan fingerprint density at radius 2 is 1.21 bits per heavy atom. The van der Waals surface area contributed by atoms with Crippen LogP contribution in [0.4, 0.5) is 35.1 Å². The zero-order valence-electron chi connectivity index (χ0n) is 5.98. The summed E-state index contributed by atoms with van der Waals surface area (Å²) >= 11 is 1.58. The van der Waals surface area contributed by atoms with Crippen LogP contribution in [-0.4, -0.2) is 18.3 Å². The van der Waals surface area contributed by atoms with E-state index in [2.05, 4.69) is 0 Å². The lowest BCUT2D eigenvalue weighted by molar-refractivity contribution is -0.260. The monoisotopic (exact) mass is 292 g/mol. The summed E-state index contributed by atoms with van der Waals surface area (Å²) in [6.45, 7) is 0. The third-order valence-corrected chi connectivity index (χ3v) is 1.64. The summed E-state index contributed by atoms with van der Waals surface area (Å²) in [4.78, 5) is 0. The number of allylic oxidation sites excluding steroid dienone is 2. The summed E-state index contributed by atoms with van der Waals surface area (Å²) in [5.41, 5.74) is 0. The first-order valence-corrected chi connectivity index (χ1v) is 3.57. The van der Waals surface area contributed by atoms with E-state index < -0.39 is 28.8 Å². The van der Waals surface area contributed by atoms with Crippen LogP contribution in [-0.2, 0) is 0 Å². The summed E-state index contributed by atoms with van der Waals surface area (Å²) in [7, 11) is 0. The molecular formula is C5HBrF8. The van der Waals surface area contributed by atoms with Crippen LogP contribution in [0.5, 0.6) is 0 Å². The molecule has 0 nitrogen and oxygen atoms in total. The van der Waals surface area contributed by atoms with Crippen LogP contribution < -0.4 is 0 Å². The van der Waals surface area contributed by atoms with Crippen molar-refractivity contribution < 1.29 is 35.1 Å². The highest BCUT2D eigenvalue weighted by Gasteiger charge is 2.57. The average Bonchev–Trinajstić information content (AvgIpc) is 1.80. The molecule has 14 heavy (non-hydrogen) atoms. The van der Waals surface area contributed by atoms with Crippen molar-refractivity contribution >= 4 is 15.9 Å². The largest absolute Gasteiger partial charge is 0.457 e. The first-order chi connectivity index (χ1) is 5.88. The predicted octanol–water partition coefficient (Wildman–Crippen LogP) is 4.03. The van der Waals surface area contributed by atoms with Crippen LogP contribution >= 0.6 is 15.9 Å². The van der Waals surface area contributed by atoms with Crippen LogP contribution in [0.15, 0.2) is 10.6 Å². The van der Waals surface area contributed by atoms with E-state index in [9.17, 15) is 35.1 Å². The van der Waals surface area contributed by atoms with Gasteiger partial charge in [0.15, 0.2) is 0 Å². The zero-order chi connectivity index (χ0) is 11.8. The lowest BCUT2D eigenvalue weighted by Crippen LogP contribution is -2.35. The van der Waals surface area contributed by atoms with Crippen molar-refractivity contribution in [1.82, 2.24) is 0 Å². The summed E-state index contributed by atoms with van der Waals surface area (Å²) in [6, 6.07) is 0. The van der Waals surface area contributed by atoms with Gasteiger partial charge in [-0.05, 0) is 15.9 Å². The van der Waals surface area contributed by atoms with E-state index in [1.807, 2.05) is 0 Å². The van der Waals surface area contributed by atoms with E-state index in [0.717, 1.165) is 0 Å². The fourth-order valence-electron chi connectivity index (χ4n) is 0.323. The Morgan fingerprint density at radius 1 is 0.857 bits per heavy atom. The molecule has 0 spiro atoms. The molecule has 0 bridgehead atoms. The Balaban J connectivity index is 5.00. The van der Waals surface area contributed by atoms with Gasteiger partial charge in [0.25, 0.3) is 0 Å². The molecule has 0 aromatic carbocycles. The lowest BCUT2D eigenvalue weighted by atomic mass is 10.3. The van der Waals surface area contributed by atoms with Crippen molar-refractivity contribution in [2.24, 2.45) is 0 Å². The molecular weight excluding hydrogens is 292 g/mol. The standard InChI is InChI=1S/C5HBrF8/c6-2(4(9,10)11)1-3(7,8)5(12,13)14/h1H. The second kappa shape index (κ2) is 3.67. The quantitative estimate of drug-likeness (QED) is 0.640. The van der Waals surface area contributed by atoms with Crippen molar-refractivity contribution in [2.75, 3.05) is 0 Å². The third-order valence-electron chi connectivity index (χ3n) is 0.957. The van der Waals surface area contributed by atoms with Gasteiger partial charge in [0.1, 0.15) is 4.48 Å². The van der Waals surface area contributed by atoms with Gasteiger partial charge in [-0.2, -0.15) is 35.1 Å². The Kier molecular flexibility index (Phi) is 3.58. The summed E-state index contributed by atoms with van der Waals surface area (Å²) in [6.07, 6.45) is -12.5. The highest BCUT2D eigenvalue weighted by Crippen LogP contribution is 2.41. The van der Waals surface area contributed by atoms with Gasteiger partial charge in [0, 0.05) is 6.08 Å². The highest BCUT2D eigenvalue weighted by molar-refractivity contribution is 9.11. The number of hydrogen-bond donors (Lipinski definition) is 0. The predicted molar refractivity (Wildman–Crippen MR) is 34.1 cm³/mol. The molecule has 0 saturated carbocycles. The van der Waals surface area contributed by atoms with Crippen LogP contribution in [0.2, 0.25) is 0 Å². The average molecular weight is 293 g/mol. The number of alkyl halides is 8. The first kappa shape index (κ1) is 13.7. The van der Waals surface area contributed by atoms with Crippen LogP contribution in [0, 0.1) is 0 Å². The van der Waals surface area contributed by atoms with Crippen LogP contribution in [0.1, 0.15) is 0 Å². The number of rotatable bonds is 1. The molecule has 0 rings (SSSR count). The molecule has 0 aliphatic rings. The van der Waals surface area contributed by atoms with Crippen molar-refractivity contribution in [3.63, 3.8) is 0 Å². The van der Waals surface area contributed by atoms with Gasteiger partial charge in [-0.25, -0.2) is 0 Å². The maximum atomic E-state index is 12.0. The molecule has 84 valence electrons. The second-order valence-corrected chi connectivity index (χ2v) is 2.97. The molecule has 0 aliphatic carbocycles. The summed E-state index contributed by atoms with van der Waals surface area (Å²) < 4.78 is 90.6. The fourth-order valence-corrected chi connectivity index (χ4v) is 0.610. The molecule has 0 aliphatic heterocycles. The van der Waals surface area contributed by atoms with Crippen LogP contribution in [0.3, 0.4) is 0 Å². The van der Waals surface area contributed by atoms with E-state index in [-0.39, 0.29) is 0 Å². The molecule has 0 fully saturated rings. The van der Waals surface area contributed by atoms with E-state index in [1.165, 1.54) is 0 Å². The Bertz CT molecular complexity index is 233. The molecule has 0 heterocycles.